The van der Waals surface area contributed by atoms with Crippen molar-refractivity contribution in [3.8, 4) is 11.5 Å². The van der Waals surface area contributed by atoms with Crippen LogP contribution in [0.3, 0.4) is 0 Å². The zero-order chi connectivity index (χ0) is 13.8. The van der Waals surface area contributed by atoms with Crippen molar-refractivity contribution >= 4 is 5.91 Å². The molecular weight excluding hydrogens is 246 g/mol. The second kappa shape index (κ2) is 5.93. The Labute approximate surface area is 112 Å². The van der Waals surface area contributed by atoms with Crippen LogP contribution in [0.15, 0.2) is 18.2 Å². The van der Waals surface area contributed by atoms with Crippen molar-refractivity contribution in [3.63, 3.8) is 0 Å². The first-order chi connectivity index (χ1) is 9.15. The van der Waals surface area contributed by atoms with Crippen LogP contribution in [0.25, 0.3) is 0 Å². The highest BCUT2D eigenvalue weighted by atomic mass is 16.5. The normalized spacial score (nSPS) is 16.6. The molecular formula is C14H19NO4. The molecule has 1 aliphatic rings. The van der Waals surface area contributed by atoms with E-state index in [1.165, 1.54) is 0 Å². The summed E-state index contributed by atoms with van der Waals surface area (Å²) < 4.78 is 10.4. The van der Waals surface area contributed by atoms with Crippen molar-refractivity contribution in [2.24, 2.45) is 0 Å². The summed E-state index contributed by atoms with van der Waals surface area (Å²) in [7, 11) is 3.12. The van der Waals surface area contributed by atoms with Crippen LogP contribution in [0.5, 0.6) is 11.5 Å². The summed E-state index contributed by atoms with van der Waals surface area (Å²) in [5, 5.41) is 10.3. The molecule has 1 aromatic carbocycles. The van der Waals surface area contributed by atoms with Gasteiger partial charge in [-0.25, -0.2) is 0 Å². The molecule has 0 bridgehead atoms. The van der Waals surface area contributed by atoms with Crippen molar-refractivity contribution in [1.82, 2.24) is 4.90 Å². The molecule has 5 nitrogen and oxygen atoms in total. The summed E-state index contributed by atoms with van der Waals surface area (Å²) in [5.74, 6) is 1.34. The van der Waals surface area contributed by atoms with Gasteiger partial charge in [0.05, 0.1) is 20.8 Å². The summed E-state index contributed by atoms with van der Waals surface area (Å²) in [6.45, 7) is 1.02. The number of carbonyl (C=O) groups excluding carboxylic acids is 1. The third kappa shape index (κ3) is 2.98. The van der Waals surface area contributed by atoms with E-state index < -0.39 is 6.10 Å². The Balaban J connectivity index is 2.13. The Kier molecular flexibility index (Phi) is 4.27. The second-order valence-electron chi connectivity index (χ2n) is 4.57. The van der Waals surface area contributed by atoms with E-state index in [4.69, 9.17) is 9.47 Å². The summed E-state index contributed by atoms with van der Waals surface area (Å²) >= 11 is 0. The highest BCUT2D eigenvalue weighted by Gasteiger charge is 2.24. The number of β-amino-alcohol motifs (C(OH)–C–C–N with tert-alkyl or cyclic N) is 1. The van der Waals surface area contributed by atoms with Crippen LogP contribution >= 0.6 is 0 Å². The van der Waals surface area contributed by atoms with Gasteiger partial charge in [-0.05, 0) is 18.6 Å². The molecule has 104 valence electrons. The van der Waals surface area contributed by atoms with Crippen LogP contribution in [-0.2, 0) is 4.79 Å². The standard InChI is InChI=1S/C14H19NO4/c1-18-10-5-6-11(13(8-10)19-2)12(16)9-15-7-3-4-14(15)17/h5-6,8,12,16H,3-4,7,9H2,1-2H3. The van der Waals surface area contributed by atoms with Crippen molar-refractivity contribution < 1.29 is 19.4 Å². The van der Waals surface area contributed by atoms with Gasteiger partial charge in [0.2, 0.25) is 5.91 Å². The number of rotatable bonds is 5. The van der Waals surface area contributed by atoms with Crippen molar-refractivity contribution in [2.75, 3.05) is 27.3 Å². The van der Waals surface area contributed by atoms with Crippen LogP contribution in [0.2, 0.25) is 0 Å². The maximum Gasteiger partial charge on any atom is 0.222 e. The van der Waals surface area contributed by atoms with E-state index >= 15 is 0 Å². The van der Waals surface area contributed by atoms with Gasteiger partial charge in [-0.3, -0.25) is 4.79 Å². The molecule has 0 spiro atoms. The van der Waals surface area contributed by atoms with E-state index in [9.17, 15) is 9.90 Å². The van der Waals surface area contributed by atoms with Gasteiger partial charge in [0.1, 0.15) is 17.6 Å². The first-order valence-corrected chi connectivity index (χ1v) is 6.33. The van der Waals surface area contributed by atoms with Crippen molar-refractivity contribution in [1.29, 1.82) is 0 Å². The molecule has 1 heterocycles. The van der Waals surface area contributed by atoms with E-state index in [2.05, 4.69) is 0 Å². The van der Waals surface area contributed by atoms with Crippen LogP contribution in [-0.4, -0.2) is 43.2 Å². The van der Waals surface area contributed by atoms with Gasteiger partial charge in [0.25, 0.3) is 0 Å². The fourth-order valence-electron chi connectivity index (χ4n) is 2.30. The van der Waals surface area contributed by atoms with Crippen LogP contribution in [0, 0.1) is 0 Å². The number of nitrogens with zero attached hydrogens (tertiary/aromatic N) is 1. The average Bonchev–Trinajstić information content (AvgIpc) is 2.83. The lowest BCUT2D eigenvalue weighted by atomic mass is 10.1. The van der Waals surface area contributed by atoms with Crippen LogP contribution in [0.4, 0.5) is 0 Å². The summed E-state index contributed by atoms with van der Waals surface area (Å²) in [6.07, 6.45) is 0.695. The van der Waals surface area contributed by atoms with Crippen molar-refractivity contribution in [2.45, 2.75) is 18.9 Å². The van der Waals surface area contributed by atoms with E-state index in [0.717, 1.165) is 6.42 Å². The molecule has 1 fully saturated rings. The monoisotopic (exact) mass is 265 g/mol. The van der Waals surface area contributed by atoms with Gasteiger partial charge in [-0.2, -0.15) is 0 Å². The van der Waals surface area contributed by atoms with Gasteiger partial charge in [-0.1, -0.05) is 0 Å². The topological polar surface area (TPSA) is 59.0 Å². The summed E-state index contributed by atoms with van der Waals surface area (Å²) in [4.78, 5) is 13.2. The Morgan fingerprint density at radius 3 is 2.74 bits per heavy atom. The third-order valence-electron chi connectivity index (χ3n) is 3.36. The highest BCUT2D eigenvalue weighted by Crippen LogP contribution is 2.30. The average molecular weight is 265 g/mol. The molecule has 1 amide bonds. The number of hydrogen-bond donors (Lipinski definition) is 1. The number of methoxy groups -OCH3 is 2. The molecule has 1 atom stereocenters. The van der Waals surface area contributed by atoms with Gasteiger partial charge in [-0.15, -0.1) is 0 Å². The zero-order valence-electron chi connectivity index (χ0n) is 11.3. The highest BCUT2D eigenvalue weighted by molar-refractivity contribution is 5.78. The smallest absolute Gasteiger partial charge is 0.222 e. The van der Waals surface area contributed by atoms with E-state index in [-0.39, 0.29) is 5.91 Å². The predicted octanol–water partition coefficient (Wildman–Crippen LogP) is 1.36. The molecule has 0 aliphatic carbocycles. The lowest BCUT2D eigenvalue weighted by molar-refractivity contribution is -0.128. The molecule has 19 heavy (non-hydrogen) atoms. The SMILES string of the molecule is COc1ccc(C(O)CN2CCCC2=O)c(OC)c1. The third-order valence-corrected chi connectivity index (χ3v) is 3.36. The van der Waals surface area contributed by atoms with E-state index in [1.807, 2.05) is 0 Å². The molecule has 0 radical (unpaired) electrons. The van der Waals surface area contributed by atoms with E-state index in [0.29, 0.717) is 36.6 Å². The fraction of sp³-hybridized carbons (Fsp3) is 0.500. The van der Waals surface area contributed by atoms with Gasteiger partial charge >= 0.3 is 0 Å². The predicted molar refractivity (Wildman–Crippen MR) is 70.3 cm³/mol. The number of aliphatic hydroxyl groups excluding tert-OH is 1. The van der Waals surface area contributed by atoms with Crippen molar-refractivity contribution in [3.05, 3.63) is 23.8 Å². The van der Waals surface area contributed by atoms with Gasteiger partial charge in [0, 0.05) is 24.6 Å². The number of benzene rings is 1. The summed E-state index contributed by atoms with van der Waals surface area (Å²) in [6, 6.07) is 5.26. The molecule has 1 aromatic rings. The molecule has 5 heteroatoms. The number of carbonyl (C=O) groups is 1. The molecule has 1 aliphatic heterocycles. The number of amides is 1. The fourth-order valence-corrected chi connectivity index (χ4v) is 2.30. The van der Waals surface area contributed by atoms with Crippen LogP contribution < -0.4 is 9.47 Å². The Bertz CT molecular complexity index is 461. The first kappa shape index (κ1) is 13.7. The Morgan fingerprint density at radius 1 is 1.37 bits per heavy atom. The molecule has 1 N–H and O–H groups in total. The number of aliphatic hydroxyl groups is 1. The minimum Gasteiger partial charge on any atom is -0.497 e. The van der Waals surface area contributed by atoms with Crippen LogP contribution in [0.1, 0.15) is 24.5 Å². The Hall–Kier alpha value is -1.75. The molecule has 0 saturated carbocycles. The first-order valence-electron chi connectivity index (χ1n) is 6.33. The minimum absolute atomic E-state index is 0.103. The van der Waals surface area contributed by atoms with E-state index in [1.54, 1.807) is 37.3 Å². The lowest BCUT2D eigenvalue weighted by Gasteiger charge is -2.21. The van der Waals surface area contributed by atoms with Gasteiger partial charge < -0.3 is 19.5 Å². The number of likely N-dealkylation sites (tertiary alicyclic amines) is 1. The maximum absolute atomic E-state index is 11.6. The minimum atomic E-state index is -0.747. The number of ether oxygens (including phenoxy) is 2. The lowest BCUT2D eigenvalue weighted by Crippen LogP contribution is -2.29. The second-order valence-corrected chi connectivity index (χ2v) is 4.57. The molecule has 1 unspecified atom stereocenters. The van der Waals surface area contributed by atoms with Gasteiger partial charge in [0.15, 0.2) is 0 Å². The molecule has 0 aromatic heterocycles. The Morgan fingerprint density at radius 2 is 2.16 bits per heavy atom. The molecule has 2 rings (SSSR count). The number of hydrogen-bond acceptors (Lipinski definition) is 4. The molecule has 1 saturated heterocycles. The maximum atomic E-state index is 11.6. The largest absolute Gasteiger partial charge is 0.497 e. The quantitative estimate of drug-likeness (QED) is 0.873. The zero-order valence-corrected chi connectivity index (χ0v) is 11.3. The summed E-state index contributed by atoms with van der Waals surface area (Å²) in [5.41, 5.74) is 0.669.